The van der Waals surface area contributed by atoms with Crippen molar-refractivity contribution >= 4 is 6.03 Å². The molecule has 1 aromatic heterocycles. The molecule has 1 aliphatic carbocycles. The van der Waals surface area contributed by atoms with Gasteiger partial charge < -0.3 is 15.4 Å². The number of methoxy groups -OCH3 is 1. The van der Waals surface area contributed by atoms with Gasteiger partial charge in [-0.15, -0.1) is 0 Å². The predicted molar refractivity (Wildman–Crippen MR) is 87.4 cm³/mol. The fourth-order valence-electron chi connectivity index (χ4n) is 3.00. The van der Waals surface area contributed by atoms with E-state index in [1.54, 1.807) is 31.0 Å². The molecule has 1 aromatic carbocycles. The van der Waals surface area contributed by atoms with Crippen LogP contribution in [0.3, 0.4) is 0 Å². The number of nitrogens with zero attached hydrogens (tertiary/aromatic N) is 2. The lowest BCUT2D eigenvalue weighted by Gasteiger charge is -2.09. The molecule has 2 atom stereocenters. The SMILES string of the molecule is COc1c(CNC(=O)N[C@H]2C[C@@H]2c2ccccc2F)c(C)nn1C. The molecule has 3 rings (SSSR count). The summed E-state index contributed by atoms with van der Waals surface area (Å²) >= 11 is 0. The molecular weight excluding hydrogens is 311 g/mol. The minimum Gasteiger partial charge on any atom is -0.481 e. The number of benzene rings is 1. The van der Waals surface area contributed by atoms with Crippen LogP contribution in [0.2, 0.25) is 0 Å². The standard InChI is InChI=1S/C17H21FN4O2/c1-10-13(16(24-3)22(2)21-10)9-19-17(23)20-15-8-12(15)11-6-4-5-7-14(11)18/h4-7,12,15H,8-9H2,1-3H3,(H2,19,20,23)/t12-,15+/m1/s1. The van der Waals surface area contributed by atoms with E-state index in [1.807, 2.05) is 13.0 Å². The lowest BCUT2D eigenvalue weighted by Crippen LogP contribution is -2.37. The van der Waals surface area contributed by atoms with Crippen molar-refractivity contribution in [2.75, 3.05) is 7.11 Å². The molecule has 7 heteroatoms. The van der Waals surface area contributed by atoms with E-state index in [1.165, 1.54) is 6.07 Å². The number of amides is 2. The Morgan fingerprint density at radius 2 is 2.21 bits per heavy atom. The zero-order chi connectivity index (χ0) is 17.3. The number of rotatable bonds is 5. The van der Waals surface area contributed by atoms with E-state index in [4.69, 9.17) is 4.74 Å². The number of aryl methyl sites for hydroxylation is 2. The van der Waals surface area contributed by atoms with Gasteiger partial charge in [-0.1, -0.05) is 18.2 Å². The van der Waals surface area contributed by atoms with Crippen LogP contribution >= 0.6 is 0 Å². The number of carbonyl (C=O) groups excluding carboxylic acids is 1. The average molecular weight is 332 g/mol. The topological polar surface area (TPSA) is 68.2 Å². The molecule has 24 heavy (non-hydrogen) atoms. The number of urea groups is 1. The van der Waals surface area contributed by atoms with Crippen LogP contribution < -0.4 is 15.4 Å². The number of aromatic nitrogens is 2. The number of carbonyl (C=O) groups is 1. The highest BCUT2D eigenvalue weighted by atomic mass is 19.1. The van der Waals surface area contributed by atoms with E-state index in [-0.39, 0.29) is 23.8 Å². The second kappa shape index (κ2) is 6.51. The summed E-state index contributed by atoms with van der Waals surface area (Å²) in [5.74, 6) is 0.456. The van der Waals surface area contributed by atoms with Crippen LogP contribution in [-0.4, -0.2) is 29.0 Å². The maximum atomic E-state index is 13.7. The Bertz CT molecular complexity index is 759. The molecular formula is C17H21FN4O2. The first kappa shape index (κ1) is 16.3. The number of ether oxygens (including phenoxy) is 1. The van der Waals surface area contributed by atoms with Crippen LogP contribution in [0.5, 0.6) is 5.88 Å². The third-order valence-electron chi connectivity index (χ3n) is 4.32. The highest BCUT2D eigenvalue weighted by molar-refractivity contribution is 5.75. The second-order valence-corrected chi connectivity index (χ2v) is 5.99. The molecule has 2 N–H and O–H groups in total. The van der Waals surface area contributed by atoms with Crippen molar-refractivity contribution in [1.82, 2.24) is 20.4 Å². The number of halogens is 1. The van der Waals surface area contributed by atoms with E-state index < -0.39 is 0 Å². The van der Waals surface area contributed by atoms with Gasteiger partial charge in [0.05, 0.1) is 24.9 Å². The van der Waals surface area contributed by atoms with Gasteiger partial charge in [0.1, 0.15) is 5.82 Å². The summed E-state index contributed by atoms with van der Waals surface area (Å²) in [4.78, 5) is 12.1. The van der Waals surface area contributed by atoms with Gasteiger partial charge in [0.25, 0.3) is 0 Å². The van der Waals surface area contributed by atoms with Crippen LogP contribution in [0.4, 0.5) is 9.18 Å². The molecule has 2 aromatic rings. The van der Waals surface area contributed by atoms with Crippen LogP contribution in [0.25, 0.3) is 0 Å². The Labute approximate surface area is 140 Å². The van der Waals surface area contributed by atoms with Gasteiger partial charge in [0.15, 0.2) is 0 Å². The summed E-state index contributed by atoms with van der Waals surface area (Å²) in [5, 5.41) is 9.96. The predicted octanol–water partition coefficient (Wildman–Crippen LogP) is 2.23. The van der Waals surface area contributed by atoms with Crippen molar-refractivity contribution < 1.29 is 13.9 Å². The van der Waals surface area contributed by atoms with Crippen molar-refractivity contribution in [2.45, 2.75) is 31.8 Å². The van der Waals surface area contributed by atoms with Crippen LogP contribution in [0.1, 0.15) is 29.2 Å². The molecule has 0 bridgehead atoms. The fraction of sp³-hybridized carbons (Fsp3) is 0.412. The normalized spacial score (nSPS) is 19.0. The van der Waals surface area contributed by atoms with E-state index in [2.05, 4.69) is 15.7 Å². The van der Waals surface area contributed by atoms with E-state index in [9.17, 15) is 9.18 Å². The van der Waals surface area contributed by atoms with E-state index in [0.29, 0.717) is 18.0 Å². The fourth-order valence-corrected chi connectivity index (χ4v) is 3.00. The van der Waals surface area contributed by atoms with Crippen molar-refractivity contribution in [1.29, 1.82) is 0 Å². The van der Waals surface area contributed by atoms with Gasteiger partial charge in [-0.2, -0.15) is 5.10 Å². The summed E-state index contributed by atoms with van der Waals surface area (Å²) in [6.45, 7) is 2.19. The second-order valence-electron chi connectivity index (χ2n) is 5.99. The molecule has 1 saturated carbocycles. The van der Waals surface area contributed by atoms with Crippen molar-refractivity contribution in [3.63, 3.8) is 0 Å². The monoisotopic (exact) mass is 332 g/mol. The minimum absolute atomic E-state index is 0.0289. The van der Waals surface area contributed by atoms with Crippen LogP contribution in [0, 0.1) is 12.7 Å². The molecule has 1 fully saturated rings. The smallest absolute Gasteiger partial charge is 0.315 e. The molecule has 1 heterocycles. The third kappa shape index (κ3) is 3.20. The lowest BCUT2D eigenvalue weighted by molar-refractivity contribution is 0.239. The molecule has 0 spiro atoms. The molecule has 6 nitrogen and oxygen atoms in total. The summed E-state index contributed by atoms with van der Waals surface area (Å²) < 4.78 is 20.7. The molecule has 1 aliphatic rings. The molecule has 2 amide bonds. The van der Waals surface area contributed by atoms with Crippen LogP contribution in [0.15, 0.2) is 24.3 Å². The van der Waals surface area contributed by atoms with Gasteiger partial charge in [0, 0.05) is 19.0 Å². The Morgan fingerprint density at radius 1 is 1.46 bits per heavy atom. The number of hydrogen-bond donors (Lipinski definition) is 2. The average Bonchev–Trinajstić information content (AvgIpc) is 3.23. The zero-order valence-corrected chi connectivity index (χ0v) is 14.0. The Balaban J connectivity index is 1.54. The van der Waals surface area contributed by atoms with Gasteiger partial charge in [0.2, 0.25) is 5.88 Å². The van der Waals surface area contributed by atoms with Gasteiger partial charge in [-0.25, -0.2) is 13.9 Å². The highest BCUT2D eigenvalue weighted by Crippen LogP contribution is 2.41. The third-order valence-corrected chi connectivity index (χ3v) is 4.32. The maximum Gasteiger partial charge on any atom is 0.315 e. The summed E-state index contributed by atoms with van der Waals surface area (Å²) in [6, 6.07) is 6.39. The van der Waals surface area contributed by atoms with Crippen LogP contribution in [-0.2, 0) is 13.6 Å². The largest absolute Gasteiger partial charge is 0.481 e. The van der Waals surface area contributed by atoms with Crippen molar-refractivity contribution in [2.24, 2.45) is 7.05 Å². The maximum absolute atomic E-state index is 13.7. The summed E-state index contributed by atoms with van der Waals surface area (Å²) in [5.41, 5.74) is 2.31. The first-order valence-corrected chi connectivity index (χ1v) is 7.86. The summed E-state index contributed by atoms with van der Waals surface area (Å²) in [7, 11) is 3.36. The number of nitrogens with one attached hydrogen (secondary N) is 2. The first-order chi connectivity index (χ1) is 11.5. The molecule has 128 valence electrons. The van der Waals surface area contributed by atoms with E-state index in [0.717, 1.165) is 17.7 Å². The molecule has 0 radical (unpaired) electrons. The first-order valence-electron chi connectivity index (χ1n) is 7.86. The Kier molecular flexibility index (Phi) is 4.42. The minimum atomic E-state index is -0.274. The molecule has 0 unspecified atom stereocenters. The van der Waals surface area contributed by atoms with Gasteiger partial charge >= 0.3 is 6.03 Å². The lowest BCUT2D eigenvalue weighted by atomic mass is 10.1. The highest BCUT2D eigenvalue weighted by Gasteiger charge is 2.40. The van der Waals surface area contributed by atoms with Crippen molar-refractivity contribution in [3.05, 3.63) is 46.9 Å². The summed E-state index contributed by atoms with van der Waals surface area (Å²) in [6.07, 6.45) is 0.754. The Hall–Kier alpha value is -2.57. The van der Waals surface area contributed by atoms with Gasteiger partial charge in [-0.3, -0.25) is 0 Å². The molecule has 0 aliphatic heterocycles. The zero-order valence-electron chi connectivity index (χ0n) is 14.0. The Morgan fingerprint density at radius 3 is 2.92 bits per heavy atom. The van der Waals surface area contributed by atoms with E-state index >= 15 is 0 Å². The quantitative estimate of drug-likeness (QED) is 0.882. The molecule has 0 saturated heterocycles. The van der Waals surface area contributed by atoms with Crippen molar-refractivity contribution in [3.8, 4) is 5.88 Å². The van der Waals surface area contributed by atoms with Gasteiger partial charge in [-0.05, 0) is 25.0 Å². The number of hydrogen-bond acceptors (Lipinski definition) is 3.